The topological polar surface area (TPSA) is 258 Å². The highest BCUT2D eigenvalue weighted by atomic mass is 16.6. The largest absolute Gasteiger partial charge is 0.481 e. The second-order valence-electron chi connectivity index (χ2n) is 6.84. The molecule has 0 unspecified atom stereocenters. The zero-order valence-electron chi connectivity index (χ0n) is 15.8. The number of amides is 5. The molecular weight excluding hydrogens is 426 g/mol. The summed E-state index contributed by atoms with van der Waals surface area (Å²) in [6.07, 6.45) is -7.89. The Balaban J connectivity index is 1.95. The third-order valence-electron chi connectivity index (χ3n) is 4.49. The standard InChI is InChI=1S/C15H21N5O11/c16-15(13(28)29,3-7(23)24)19-6(22)4-17-11(27)10-8(25)9(26)12(31-10)20-2-1-5(21)18-14(20)30/h8-10,12,25-26H,1-4,16H2,(H,17,27)(H,19,22)(H,23,24)(H,28,29)(H,18,21,30)/t8-,9-,10-,12+,15-/m0/s1. The number of aliphatic hydroxyl groups is 2. The van der Waals surface area contributed by atoms with Gasteiger partial charge in [-0.1, -0.05) is 0 Å². The van der Waals surface area contributed by atoms with Crippen LogP contribution in [0.1, 0.15) is 12.8 Å². The van der Waals surface area contributed by atoms with Crippen LogP contribution in [0.15, 0.2) is 0 Å². The summed E-state index contributed by atoms with van der Waals surface area (Å²) < 4.78 is 5.23. The quantitative estimate of drug-likeness (QED) is 0.162. The Kier molecular flexibility index (Phi) is 7.11. The minimum atomic E-state index is -2.63. The summed E-state index contributed by atoms with van der Waals surface area (Å²) in [7, 11) is 0. The van der Waals surface area contributed by atoms with E-state index in [4.69, 9.17) is 20.7 Å². The van der Waals surface area contributed by atoms with Gasteiger partial charge in [0.05, 0.1) is 13.0 Å². The van der Waals surface area contributed by atoms with Gasteiger partial charge in [0, 0.05) is 13.0 Å². The van der Waals surface area contributed by atoms with Gasteiger partial charge in [-0.15, -0.1) is 0 Å². The molecule has 16 heteroatoms. The van der Waals surface area contributed by atoms with Crippen LogP contribution in [-0.2, 0) is 28.7 Å². The lowest BCUT2D eigenvalue weighted by atomic mass is 10.1. The van der Waals surface area contributed by atoms with Crippen molar-refractivity contribution >= 4 is 35.7 Å². The zero-order valence-corrected chi connectivity index (χ0v) is 15.8. The lowest BCUT2D eigenvalue weighted by Gasteiger charge is -2.32. The van der Waals surface area contributed by atoms with Gasteiger partial charge in [-0.2, -0.15) is 0 Å². The van der Waals surface area contributed by atoms with Crippen LogP contribution >= 0.6 is 0 Å². The molecule has 0 aromatic rings. The van der Waals surface area contributed by atoms with Crippen molar-refractivity contribution in [2.45, 2.75) is 43.0 Å². The van der Waals surface area contributed by atoms with Gasteiger partial charge in [-0.05, 0) is 0 Å². The summed E-state index contributed by atoms with van der Waals surface area (Å²) in [5.74, 6) is -6.21. The van der Waals surface area contributed by atoms with Crippen molar-refractivity contribution in [1.82, 2.24) is 20.9 Å². The van der Waals surface area contributed by atoms with Gasteiger partial charge < -0.3 is 35.8 Å². The first-order chi connectivity index (χ1) is 14.4. The first-order valence-electron chi connectivity index (χ1n) is 8.80. The maximum absolute atomic E-state index is 12.2. The number of hydrogen-bond acceptors (Lipinski definition) is 10. The van der Waals surface area contributed by atoms with E-state index < -0.39 is 78.9 Å². The van der Waals surface area contributed by atoms with Crippen molar-refractivity contribution in [2.24, 2.45) is 5.73 Å². The highest BCUT2D eigenvalue weighted by Gasteiger charge is 2.50. The molecule has 0 aromatic carbocycles. The van der Waals surface area contributed by atoms with Crippen molar-refractivity contribution < 1.29 is 53.9 Å². The van der Waals surface area contributed by atoms with Gasteiger partial charge in [0.25, 0.3) is 5.91 Å². The zero-order chi connectivity index (χ0) is 23.5. The summed E-state index contributed by atoms with van der Waals surface area (Å²) in [5.41, 5.74) is 2.72. The molecule has 0 spiro atoms. The van der Waals surface area contributed by atoms with Crippen LogP contribution in [0.5, 0.6) is 0 Å². The van der Waals surface area contributed by atoms with E-state index in [1.165, 1.54) is 0 Å². The predicted molar refractivity (Wildman–Crippen MR) is 93.5 cm³/mol. The number of carboxylic acids is 2. The van der Waals surface area contributed by atoms with Crippen LogP contribution in [0, 0.1) is 0 Å². The van der Waals surface area contributed by atoms with E-state index in [9.17, 15) is 39.0 Å². The Morgan fingerprint density at radius 3 is 2.39 bits per heavy atom. The van der Waals surface area contributed by atoms with Crippen molar-refractivity contribution in [1.29, 1.82) is 0 Å². The SMILES string of the molecule is N[C@@](CC(=O)O)(NC(=O)CNC(=O)[C@H]1O[C@@H](N2CCC(=O)NC2=O)[C@@H](O)[C@@H]1O)C(=O)O. The van der Waals surface area contributed by atoms with Crippen molar-refractivity contribution in [3.63, 3.8) is 0 Å². The molecule has 5 atom stereocenters. The van der Waals surface area contributed by atoms with Gasteiger partial charge in [-0.3, -0.25) is 35.1 Å². The van der Waals surface area contributed by atoms with E-state index in [-0.39, 0.29) is 13.0 Å². The Morgan fingerprint density at radius 2 is 1.84 bits per heavy atom. The normalized spacial score (nSPS) is 27.8. The molecule has 16 nitrogen and oxygen atoms in total. The minimum absolute atomic E-state index is 0.0911. The number of aliphatic carboxylic acids is 2. The monoisotopic (exact) mass is 447 g/mol. The Bertz CT molecular complexity index is 804. The Hall–Kier alpha value is -3.34. The summed E-state index contributed by atoms with van der Waals surface area (Å²) >= 11 is 0. The summed E-state index contributed by atoms with van der Waals surface area (Å²) in [6.45, 7) is -0.996. The molecular formula is C15H21N5O11. The van der Waals surface area contributed by atoms with Crippen LogP contribution in [-0.4, -0.2) is 104 Å². The lowest BCUT2D eigenvalue weighted by Crippen LogP contribution is -2.64. The molecule has 9 N–H and O–H groups in total. The van der Waals surface area contributed by atoms with Crippen LogP contribution < -0.4 is 21.7 Å². The van der Waals surface area contributed by atoms with Crippen molar-refractivity contribution in [2.75, 3.05) is 13.1 Å². The smallest absolute Gasteiger partial charge is 0.345 e. The van der Waals surface area contributed by atoms with Gasteiger partial charge in [0.1, 0.15) is 12.2 Å². The number of rotatable bonds is 8. The molecule has 2 heterocycles. The number of urea groups is 1. The number of aliphatic hydroxyl groups excluding tert-OH is 2. The number of carbonyl (C=O) groups is 6. The number of carboxylic acid groups (broad SMARTS) is 2. The van der Waals surface area contributed by atoms with E-state index in [1.807, 2.05) is 10.6 Å². The highest BCUT2D eigenvalue weighted by Crippen LogP contribution is 2.25. The van der Waals surface area contributed by atoms with Gasteiger partial charge >= 0.3 is 18.0 Å². The van der Waals surface area contributed by atoms with Gasteiger partial charge in [-0.25, -0.2) is 9.59 Å². The summed E-state index contributed by atoms with van der Waals surface area (Å²) in [6, 6.07) is -0.890. The van der Waals surface area contributed by atoms with E-state index in [2.05, 4.69) is 0 Å². The van der Waals surface area contributed by atoms with Gasteiger partial charge in [0.15, 0.2) is 18.0 Å². The second-order valence-corrected chi connectivity index (χ2v) is 6.84. The molecule has 5 amide bonds. The Labute approximate surface area is 173 Å². The van der Waals surface area contributed by atoms with Crippen LogP contribution in [0.25, 0.3) is 0 Å². The number of ether oxygens (including phenoxy) is 1. The van der Waals surface area contributed by atoms with E-state index in [1.54, 1.807) is 5.32 Å². The summed E-state index contributed by atoms with van der Waals surface area (Å²) in [5, 5.41) is 43.7. The molecule has 31 heavy (non-hydrogen) atoms. The number of nitrogens with zero attached hydrogens (tertiary/aromatic N) is 1. The average Bonchev–Trinajstić information content (AvgIpc) is 2.94. The number of carbonyl (C=O) groups excluding carboxylic acids is 4. The predicted octanol–water partition coefficient (Wildman–Crippen LogP) is -5.18. The highest BCUT2D eigenvalue weighted by molar-refractivity contribution is 5.97. The molecule has 0 aromatic heterocycles. The maximum atomic E-state index is 12.2. The molecule has 0 aliphatic carbocycles. The first-order valence-corrected chi connectivity index (χ1v) is 8.80. The molecule has 172 valence electrons. The number of nitrogens with one attached hydrogen (secondary N) is 3. The van der Waals surface area contributed by atoms with Gasteiger partial charge in [0.2, 0.25) is 11.8 Å². The van der Waals surface area contributed by atoms with Crippen molar-refractivity contribution in [3.05, 3.63) is 0 Å². The number of hydrogen-bond donors (Lipinski definition) is 8. The average molecular weight is 447 g/mol. The van der Waals surface area contributed by atoms with Crippen LogP contribution in [0.4, 0.5) is 4.79 Å². The first kappa shape index (κ1) is 23.9. The third kappa shape index (κ3) is 5.43. The molecule has 2 aliphatic heterocycles. The summed E-state index contributed by atoms with van der Waals surface area (Å²) in [4.78, 5) is 70.0. The fraction of sp³-hybridized carbons (Fsp3) is 0.600. The molecule has 0 saturated carbocycles. The molecule has 2 saturated heterocycles. The fourth-order valence-electron chi connectivity index (χ4n) is 2.93. The fourth-order valence-corrected chi connectivity index (χ4v) is 2.93. The molecule has 2 fully saturated rings. The maximum Gasteiger partial charge on any atom is 0.345 e. The second kappa shape index (κ2) is 9.21. The van der Waals surface area contributed by atoms with Crippen molar-refractivity contribution in [3.8, 4) is 0 Å². The minimum Gasteiger partial charge on any atom is -0.481 e. The van der Waals surface area contributed by atoms with Crippen LogP contribution in [0.2, 0.25) is 0 Å². The van der Waals surface area contributed by atoms with E-state index in [0.717, 1.165) is 4.90 Å². The molecule has 0 bridgehead atoms. The lowest BCUT2D eigenvalue weighted by molar-refractivity contribution is -0.153. The number of nitrogens with two attached hydrogens (primary N) is 1. The van der Waals surface area contributed by atoms with E-state index in [0.29, 0.717) is 0 Å². The third-order valence-corrected chi connectivity index (χ3v) is 4.49. The molecule has 2 rings (SSSR count). The van der Waals surface area contributed by atoms with Crippen LogP contribution in [0.3, 0.4) is 0 Å². The molecule has 0 radical (unpaired) electrons. The van der Waals surface area contributed by atoms with E-state index >= 15 is 0 Å². The Morgan fingerprint density at radius 1 is 1.19 bits per heavy atom. The molecule has 2 aliphatic rings. The number of imide groups is 1.